The molecule has 0 atom stereocenters. The Hall–Kier alpha value is -2.64. The molecule has 8 heteroatoms. The Kier molecular flexibility index (Phi) is 4.06. The van der Waals surface area contributed by atoms with E-state index in [0.717, 1.165) is 6.07 Å². The highest BCUT2D eigenvalue weighted by Crippen LogP contribution is 2.32. The lowest BCUT2D eigenvalue weighted by Gasteiger charge is -2.10. The molecule has 0 aliphatic rings. The molecule has 0 bridgehead atoms. The average Bonchev–Trinajstić information content (AvgIpc) is 2.45. The molecule has 0 saturated carbocycles. The second-order valence-electron chi connectivity index (χ2n) is 4.05. The van der Waals surface area contributed by atoms with E-state index in [1.807, 2.05) is 0 Å². The van der Waals surface area contributed by atoms with E-state index in [9.17, 15) is 23.3 Å². The maximum absolute atomic E-state index is 12.1. The number of rotatable bonds is 4. The lowest BCUT2D eigenvalue weighted by molar-refractivity contribution is -0.384. The number of pyridine rings is 1. The third kappa shape index (κ3) is 3.91. The highest BCUT2D eigenvalue weighted by molar-refractivity contribution is 5.71. The summed E-state index contributed by atoms with van der Waals surface area (Å²) < 4.78 is 40.7. The molecule has 0 fully saturated rings. The van der Waals surface area contributed by atoms with Gasteiger partial charge in [-0.25, -0.2) is 0 Å². The maximum Gasteiger partial charge on any atom is 0.422 e. The second kappa shape index (κ2) is 5.78. The number of hydrogen-bond donors (Lipinski definition) is 0. The Bertz CT molecular complexity index is 645. The van der Waals surface area contributed by atoms with Gasteiger partial charge in [-0.15, -0.1) is 0 Å². The van der Waals surface area contributed by atoms with Crippen LogP contribution in [0, 0.1) is 10.1 Å². The predicted molar refractivity (Wildman–Crippen MR) is 67.9 cm³/mol. The number of alkyl halides is 3. The summed E-state index contributed by atoms with van der Waals surface area (Å²) in [4.78, 5) is 14.3. The van der Waals surface area contributed by atoms with E-state index in [0.29, 0.717) is 5.69 Å². The summed E-state index contributed by atoms with van der Waals surface area (Å²) in [5.41, 5.74) is 0.194. The van der Waals surface area contributed by atoms with Gasteiger partial charge in [0.25, 0.3) is 5.69 Å². The summed E-state index contributed by atoms with van der Waals surface area (Å²) in [6.07, 6.45) is -3.04. The van der Waals surface area contributed by atoms with Crippen molar-refractivity contribution in [2.24, 2.45) is 0 Å². The van der Waals surface area contributed by atoms with Gasteiger partial charge >= 0.3 is 6.18 Å². The van der Waals surface area contributed by atoms with Gasteiger partial charge in [0.2, 0.25) is 0 Å². The van der Waals surface area contributed by atoms with Gasteiger partial charge in [0.15, 0.2) is 6.61 Å². The normalized spacial score (nSPS) is 11.2. The van der Waals surface area contributed by atoms with Crippen molar-refractivity contribution in [2.75, 3.05) is 6.61 Å². The SMILES string of the molecule is O=[N+]([O-])c1cc(OCC(F)(F)F)ccc1-c1ccccn1. The average molecular weight is 298 g/mol. The topological polar surface area (TPSA) is 65.3 Å². The number of halogens is 3. The molecule has 0 N–H and O–H groups in total. The second-order valence-corrected chi connectivity index (χ2v) is 4.05. The van der Waals surface area contributed by atoms with E-state index in [-0.39, 0.29) is 17.0 Å². The molecule has 0 amide bonds. The molecule has 5 nitrogen and oxygen atoms in total. The minimum absolute atomic E-state index is 0.208. The zero-order chi connectivity index (χ0) is 15.5. The van der Waals surface area contributed by atoms with Crippen LogP contribution in [0.15, 0.2) is 42.6 Å². The highest BCUT2D eigenvalue weighted by Gasteiger charge is 2.29. The van der Waals surface area contributed by atoms with E-state index in [4.69, 9.17) is 0 Å². The van der Waals surface area contributed by atoms with Crippen molar-refractivity contribution < 1.29 is 22.8 Å². The fourth-order valence-electron chi connectivity index (χ4n) is 1.66. The Morgan fingerprint density at radius 1 is 1.24 bits per heavy atom. The summed E-state index contributed by atoms with van der Waals surface area (Å²) in [5, 5.41) is 11.0. The summed E-state index contributed by atoms with van der Waals surface area (Å²) in [5.74, 6) is -0.223. The predicted octanol–water partition coefficient (Wildman–Crippen LogP) is 3.60. The standard InChI is InChI=1S/C13H9F3N2O3/c14-13(15,16)8-21-9-4-5-10(12(7-9)18(19)20)11-3-1-2-6-17-11/h1-7H,8H2. The van der Waals surface area contributed by atoms with E-state index >= 15 is 0 Å². The first kappa shape index (κ1) is 14.8. The monoisotopic (exact) mass is 298 g/mol. The molecular formula is C13H9F3N2O3. The van der Waals surface area contributed by atoms with Crippen LogP contribution in [0.3, 0.4) is 0 Å². The number of aromatic nitrogens is 1. The molecule has 2 rings (SSSR count). The minimum atomic E-state index is -4.51. The Labute approximate surface area is 117 Å². The van der Waals surface area contributed by atoms with Gasteiger partial charge in [-0.2, -0.15) is 13.2 Å². The van der Waals surface area contributed by atoms with Crippen LogP contribution in [0.2, 0.25) is 0 Å². The van der Waals surface area contributed by atoms with Crippen LogP contribution in [-0.2, 0) is 0 Å². The minimum Gasteiger partial charge on any atom is -0.484 e. The Balaban J connectivity index is 2.34. The molecule has 0 unspecified atom stereocenters. The zero-order valence-electron chi connectivity index (χ0n) is 10.5. The first-order chi connectivity index (χ1) is 9.87. The Morgan fingerprint density at radius 3 is 2.57 bits per heavy atom. The number of nitro groups is 1. The first-order valence-electron chi connectivity index (χ1n) is 5.76. The van der Waals surface area contributed by atoms with Crippen LogP contribution in [0.4, 0.5) is 18.9 Å². The first-order valence-corrected chi connectivity index (χ1v) is 5.76. The zero-order valence-corrected chi connectivity index (χ0v) is 10.5. The molecule has 21 heavy (non-hydrogen) atoms. The largest absolute Gasteiger partial charge is 0.484 e. The van der Waals surface area contributed by atoms with Crippen LogP contribution >= 0.6 is 0 Å². The third-order valence-electron chi connectivity index (χ3n) is 2.51. The van der Waals surface area contributed by atoms with Gasteiger partial charge in [-0.3, -0.25) is 15.1 Å². The highest BCUT2D eigenvalue weighted by atomic mass is 19.4. The van der Waals surface area contributed by atoms with E-state index in [1.54, 1.807) is 18.2 Å². The van der Waals surface area contributed by atoms with Gasteiger partial charge in [-0.05, 0) is 24.3 Å². The van der Waals surface area contributed by atoms with Crippen molar-refractivity contribution in [1.29, 1.82) is 0 Å². The van der Waals surface area contributed by atoms with E-state index in [1.165, 1.54) is 18.3 Å². The molecule has 0 spiro atoms. The Morgan fingerprint density at radius 2 is 2.00 bits per heavy atom. The molecule has 0 aliphatic carbocycles. The quantitative estimate of drug-likeness (QED) is 0.639. The fourth-order valence-corrected chi connectivity index (χ4v) is 1.66. The van der Waals surface area contributed by atoms with Gasteiger partial charge in [0, 0.05) is 6.20 Å². The molecule has 1 heterocycles. The number of hydrogen-bond acceptors (Lipinski definition) is 4. The van der Waals surface area contributed by atoms with E-state index < -0.39 is 17.7 Å². The summed E-state index contributed by atoms with van der Waals surface area (Å²) >= 11 is 0. The lowest BCUT2D eigenvalue weighted by Crippen LogP contribution is -2.19. The molecule has 0 radical (unpaired) electrons. The number of nitrogens with zero attached hydrogens (tertiary/aromatic N) is 2. The number of ether oxygens (including phenoxy) is 1. The maximum atomic E-state index is 12.1. The molecule has 110 valence electrons. The van der Waals surface area contributed by atoms with Crippen molar-refractivity contribution in [2.45, 2.75) is 6.18 Å². The van der Waals surface area contributed by atoms with Gasteiger partial charge < -0.3 is 4.74 Å². The van der Waals surface area contributed by atoms with Crippen molar-refractivity contribution in [3.8, 4) is 17.0 Å². The van der Waals surface area contributed by atoms with Crippen molar-refractivity contribution in [3.05, 3.63) is 52.7 Å². The van der Waals surface area contributed by atoms with Gasteiger partial charge in [-0.1, -0.05) is 6.07 Å². The van der Waals surface area contributed by atoms with Crippen LogP contribution in [0.25, 0.3) is 11.3 Å². The fraction of sp³-hybridized carbons (Fsp3) is 0.154. The van der Waals surface area contributed by atoms with Crippen molar-refractivity contribution >= 4 is 5.69 Å². The smallest absolute Gasteiger partial charge is 0.422 e. The van der Waals surface area contributed by atoms with Crippen molar-refractivity contribution in [3.63, 3.8) is 0 Å². The van der Waals surface area contributed by atoms with Crippen molar-refractivity contribution in [1.82, 2.24) is 4.98 Å². The number of benzene rings is 1. The van der Waals surface area contributed by atoms with Crippen LogP contribution < -0.4 is 4.74 Å². The summed E-state index contributed by atoms with van der Waals surface area (Å²) in [6, 6.07) is 8.37. The molecule has 0 aliphatic heterocycles. The summed E-state index contributed by atoms with van der Waals surface area (Å²) in [7, 11) is 0. The van der Waals surface area contributed by atoms with Crippen LogP contribution in [0.1, 0.15) is 0 Å². The molecule has 1 aromatic heterocycles. The van der Waals surface area contributed by atoms with Crippen LogP contribution in [-0.4, -0.2) is 22.7 Å². The lowest BCUT2D eigenvalue weighted by atomic mass is 10.1. The molecule has 1 aromatic carbocycles. The molecule has 2 aromatic rings. The molecule has 0 saturated heterocycles. The van der Waals surface area contributed by atoms with Crippen LogP contribution in [0.5, 0.6) is 5.75 Å². The third-order valence-corrected chi connectivity index (χ3v) is 2.51. The van der Waals surface area contributed by atoms with E-state index in [2.05, 4.69) is 9.72 Å². The molecular weight excluding hydrogens is 289 g/mol. The number of nitro benzene ring substituents is 1. The van der Waals surface area contributed by atoms with Gasteiger partial charge in [0.1, 0.15) is 5.75 Å². The summed E-state index contributed by atoms with van der Waals surface area (Å²) in [6.45, 7) is -1.51. The van der Waals surface area contributed by atoms with Gasteiger partial charge in [0.05, 0.1) is 22.2 Å².